The number of amides is 2. The number of anilines is 1. The molecule has 4 aromatic rings. The van der Waals surface area contributed by atoms with Gasteiger partial charge in [0.05, 0.1) is 10.6 Å². The lowest BCUT2D eigenvalue weighted by molar-refractivity contribution is -0.139. The van der Waals surface area contributed by atoms with Crippen molar-refractivity contribution < 1.29 is 18.0 Å². The van der Waals surface area contributed by atoms with E-state index in [1.165, 1.54) is 24.1 Å². The molecule has 1 unspecified atom stereocenters. The van der Waals surface area contributed by atoms with Gasteiger partial charge >= 0.3 is 0 Å². The van der Waals surface area contributed by atoms with Crippen LogP contribution in [0.2, 0.25) is 10.0 Å². The van der Waals surface area contributed by atoms with Gasteiger partial charge in [-0.2, -0.15) is 0 Å². The van der Waals surface area contributed by atoms with E-state index in [1.54, 1.807) is 60.7 Å². The van der Waals surface area contributed by atoms with Crippen LogP contribution < -0.4 is 9.62 Å². The van der Waals surface area contributed by atoms with Crippen molar-refractivity contribution in [3.8, 4) is 0 Å². The number of carbonyl (C=O) groups is 2. The number of carbonyl (C=O) groups excluding carboxylic acids is 2. The van der Waals surface area contributed by atoms with E-state index in [0.717, 1.165) is 15.4 Å². The number of halogens is 2. The number of hydrogen-bond donors (Lipinski definition) is 1. The van der Waals surface area contributed by atoms with Gasteiger partial charge in [-0.05, 0) is 60.5 Å². The fourth-order valence-corrected chi connectivity index (χ4v) is 6.24. The summed E-state index contributed by atoms with van der Waals surface area (Å²) in [4.78, 5) is 29.0. The van der Waals surface area contributed by atoms with Gasteiger partial charge < -0.3 is 10.2 Å². The first kappa shape index (κ1) is 31.1. The first-order valence-electron chi connectivity index (χ1n) is 13.2. The Hall–Kier alpha value is -3.85. The third-order valence-corrected chi connectivity index (χ3v) is 9.23. The number of likely N-dealkylation sites (N-methyl/N-ethyl adjacent to an activating group) is 1. The molecule has 42 heavy (non-hydrogen) atoms. The van der Waals surface area contributed by atoms with E-state index in [-0.39, 0.29) is 23.5 Å². The van der Waals surface area contributed by atoms with Crippen LogP contribution in [0.15, 0.2) is 108 Å². The van der Waals surface area contributed by atoms with Gasteiger partial charge in [-0.25, -0.2) is 8.42 Å². The molecule has 2 amide bonds. The normalized spacial score (nSPS) is 11.9. The largest absolute Gasteiger partial charge is 0.357 e. The van der Waals surface area contributed by atoms with E-state index in [0.29, 0.717) is 15.6 Å². The molecule has 4 rings (SSSR count). The highest BCUT2D eigenvalue weighted by molar-refractivity contribution is 7.92. The van der Waals surface area contributed by atoms with E-state index in [2.05, 4.69) is 5.32 Å². The average molecular weight is 625 g/mol. The number of hydrogen-bond acceptors (Lipinski definition) is 4. The molecule has 218 valence electrons. The predicted molar refractivity (Wildman–Crippen MR) is 167 cm³/mol. The first-order valence-corrected chi connectivity index (χ1v) is 15.4. The van der Waals surface area contributed by atoms with Crippen molar-refractivity contribution in [3.05, 3.63) is 130 Å². The van der Waals surface area contributed by atoms with Crippen LogP contribution in [0.5, 0.6) is 0 Å². The van der Waals surface area contributed by atoms with Gasteiger partial charge in [0.1, 0.15) is 12.6 Å². The molecule has 0 radical (unpaired) electrons. The zero-order chi connectivity index (χ0) is 30.3. The Morgan fingerprint density at radius 3 is 2.07 bits per heavy atom. The first-order chi connectivity index (χ1) is 20.1. The molecule has 0 aliphatic rings. The van der Waals surface area contributed by atoms with Crippen molar-refractivity contribution in [3.63, 3.8) is 0 Å². The molecule has 1 atom stereocenters. The maximum atomic E-state index is 14.3. The summed E-state index contributed by atoms with van der Waals surface area (Å²) in [6, 6.07) is 28.0. The SMILES string of the molecule is CNC(=O)C(Cc1ccccc1)N(Cc1ccccc1Cl)C(=O)CN(c1ccc(Cl)cc1)S(=O)(=O)c1ccc(C)cc1. The molecule has 0 aromatic heterocycles. The standard InChI is InChI=1S/C32H31Cl2N3O4S/c1-23-12-18-28(19-13-23)42(40,41)37(27-16-14-26(33)15-17-27)22-31(38)36(21-25-10-6-7-11-29(25)34)30(32(39)35-2)20-24-8-4-3-5-9-24/h3-19,30H,20-22H2,1-2H3,(H,35,39). The molecule has 0 spiro atoms. The van der Waals surface area contributed by atoms with Crippen molar-refractivity contribution in [1.82, 2.24) is 10.2 Å². The number of sulfonamides is 1. The third kappa shape index (κ3) is 7.50. The minimum Gasteiger partial charge on any atom is -0.357 e. The van der Waals surface area contributed by atoms with Crippen molar-refractivity contribution in [1.29, 1.82) is 0 Å². The van der Waals surface area contributed by atoms with E-state index in [1.807, 2.05) is 37.3 Å². The lowest BCUT2D eigenvalue weighted by Crippen LogP contribution is -2.53. The van der Waals surface area contributed by atoms with Crippen LogP contribution in [0, 0.1) is 6.92 Å². The van der Waals surface area contributed by atoms with Gasteiger partial charge in [-0.1, -0.05) is 89.4 Å². The van der Waals surface area contributed by atoms with Crippen LogP contribution in [-0.2, 0) is 32.6 Å². The van der Waals surface area contributed by atoms with E-state index >= 15 is 0 Å². The number of nitrogens with zero attached hydrogens (tertiary/aromatic N) is 2. The minimum absolute atomic E-state index is 0.0114. The minimum atomic E-state index is -4.19. The van der Waals surface area contributed by atoms with Crippen LogP contribution in [-0.4, -0.2) is 44.8 Å². The Labute approximate surface area is 256 Å². The third-order valence-electron chi connectivity index (χ3n) is 6.82. The summed E-state index contributed by atoms with van der Waals surface area (Å²) in [5.74, 6) is -0.969. The van der Waals surface area contributed by atoms with Crippen LogP contribution in [0.25, 0.3) is 0 Å². The number of benzene rings is 4. The molecular formula is C32H31Cl2N3O4S. The molecule has 0 saturated heterocycles. The van der Waals surface area contributed by atoms with E-state index < -0.39 is 34.4 Å². The monoisotopic (exact) mass is 623 g/mol. The van der Waals surface area contributed by atoms with E-state index in [4.69, 9.17) is 23.2 Å². The predicted octanol–water partition coefficient (Wildman–Crippen LogP) is 5.88. The summed E-state index contributed by atoms with van der Waals surface area (Å²) in [5, 5.41) is 3.50. The number of nitrogens with one attached hydrogen (secondary N) is 1. The Morgan fingerprint density at radius 1 is 0.833 bits per heavy atom. The van der Waals surface area contributed by atoms with Gasteiger partial charge in [-0.15, -0.1) is 0 Å². The maximum Gasteiger partial charge on any atom is 0.264 e. The highest BCUT2D eigenvalue weighted by atomic mass is 35.5. The fourth-order valence-electron chi connectivity index (χ4n) is 4.50. The van der Waals surface area contributed by atoms with Crippen LogP contribution in [0.3, 0.4) is 0 Å². The van der Waals surface area contributed by atoms with Crippen LogP contribution >= 0.6 is 23.2 Å². The number of aryl methyl sites for hydroxylation is 1. The van der Waals surface area contributed by atoms with Crippen molar-refractivity contribution >= 4 is 50.7 Å². The highest BCUT2D eigenvalue weighted by Crippen LogP contribution is 2.27. The molecule has 0 heterocycles. The zero-order valence-electron chi connectivity index (χ0n) is 23.2. The summed E-state index contributed by atoms with van der Waals surface area (Å²) in [6.07, 6.45) is 0.211. The summed E-state index contributed by atoms with van der Waals surface area (Å²) in [7, 11) is -2.69. The average Bonchev–Trinajstić information content (AvgIpc) is 2.99. The second-order valence-corrected chi connectivity index (χ2v) is 12.4. The molecule has 7 nitrogen and oxygen atoms in total. The van der Waals surface area contributed by atoms with Gasteiger partial charge in [-0.3, -0.25) is 13.9 Å². The molecule has 0 fully saturated rings. The number of rotatable bonds is 11. The Kier molecular flexibility index (Phi) is 10.3. The van der Waals surface area contributed by atoms with Crippen molar-refractivity contribution in [2.24, 2.45) is 0 Å². The lowest BCUT2D eigenvalue weighted by atomic mass is 10.0. The quantitative estimate of drug-likeness (QED) is 0.226. The van der Waals surface area contributed by atoms with Gasteiger partial charge in [0.2, 0.25) is 11.8 Å². The second kappa shape index (κ2) is 13.9. The molecule has 0 saturated carbocycles. The van der Waals surface area contributed by atoms with E-state index in [9.17, 15) is 18.0 Å². The summed E-state index contributed by atoms with van der Waals surface area (Å²) in [5.41, 5.74) is 2.60. The van der Waals surface area contributed by atoms with Gasteiger partial charge in [0, 0.05) is 30.1 Å². The van der Waals surface area contributed by atoms with Gasteiger partial charge in [0.15, 0.2) is 0 Å². The highest BCUT2D eigenvalue weighted by Gasteiger charge is 2.34. The van der Waals surface area contributed by atoms with Crippen LogP contribution in [0.1, 0.15) is 16.7 Å². The van der Waals surface area contributed by atoms with Crippen molar-refractivity contribution in [2.45, 2.75) is 30.8 Å². The van der Waals surface area contributed by atoms with Crippen molar-refractivity contribution in [2.75, 3.05) is 17.9 Å². The Morgan fingerprint density at radius 2 is 1.45 bits per heavy atom. The molecule has 10 heteroatoms. The molecular weight excluding hydrogens is 593 g/mol. The maximum absolute atomic E-state index is 14.3. The fraction of sp³-hybridized carbons (Fsp3) is 0.188. The summed E-state index contributed by atoms with van der Waals surface area (Å²) >= 11 is 12.6. The molecule has 4 aromatic carbocycles. The smallest absolute Gasteiger partial charge is 0.264 e. The van der Waals surface area contributed by atoms with Crippen LogP contribution in [0.4, 0.5) is 5.69 Å². The summed E-state index contributed by atoms with van der Waals surface area (Å²) in [6.45, 7) is 1.28. The lowest BCUT2D eigenvalue weighted by Gasteiger charge is -2.33. The molecule has 1 N–H and O–H groups in total. The zero-order valence-corrected chi connectivity index (χ0v) is 25.5. The van der Waals surface area contributed by atoms with Gasteiger partial charge in [0.25, 0.3) is 10.0 Å². The topological polar surface area (TPSA) is 86.8 Å². The molecule has 0 bridgehead atoms. The Balaban J connectivity index is 1.79. The summed E-state index contributed by atoms with van der Waals surface area (Å²) < 4.78 is 29.0. The Bertz CT molecular complexity index is 1630. The molecule has 0 aliphatic carbocycles. The molecule has 0 aliphatic heterocycles. The second-order valence-electron chi connectivity index (χ2n) is 9.73.